The Morgan fingerprint density at radius 3 is 2.79 bits per heavy atom. The third kappa shape index (κ3) is 2.63. The molecule has 1 fully saturated rings. The van der Waals surface area contributed by atoms with Gasteiger partial charge in [-0.2, -0.15) is 0 Å². The summed E-state index contributed by atoms with van der Waals surface area (Å²) in [4.78, 5) is 10.6. The molecule has 2 atom stereocenters. The minimum absolute atomic E-state index is 0.139. The molecule has 1 saturated carbocycles. The zero-order chi connectivity index (χ0) is 10.6. The quantitative estimate of drug-likeness (QED) is 0.551. The Bertz CT molecular complexity index is 273. The molecule has 2 unspecified atom stereocenters. The molecule has 1 rings (SSSR count). The van der Waals surface area contributed by atoms with Gasteiger partial charge in [0.05, 0.1) is 6.42 Å². The maximum absolute atomic E-state index is 10.6. The van der Waals surface area contributed by atoms with Crippen LogP contribution in [-0.4, -0.2) is 11.1 Å². The maximum atomic E-state index is 10.6. The number of hydrogen-bond acceptors (Lipinski definition) is 1. The van der Waals surface area contributed by atoms with Crippen molar-refractivity contribution in [1.82, 2.24) is 0 Å². The fourth-order valence-corrected chi connectivity index (χ4v) is 2.13. The van der Waals surface area contributed by atoms with E-state index in [0.717, 1.165) is 24.8 Å². The Morgan fingerprint density at radius 2 is 2.21 bits per heavy atom. The normalized spacial score (nSPS) is 26.9. The van der Waals surface area contributed by atoms with Crippen LogP contribution in [-0.2, 0) is 4.79 Å². The summed E-state index contributed by atoms with van der Waals surface area (Å²) in [6.45, 7) is 3.99. The van der Waals surface area contributed by atoms with Gasteiger partial charge >= 0.3 is 5.97 Å². The van der Waals surface area contributed by atoms with Gasteiger partial charge in [-0.15, -0.1) is 12.3 Å². The summed E-state index contributed by atoms with van der Waals surface area (Å²) in [5, 5.41) is 8.72. The number of carboxylic acid groups (broad SMARTS) is 1. The fraction of sp³-hybridized carbons (Fsp3) is 0.583. The molecule has 0 radical (unpaired) electrons. The highest BCUT2D eigenvalue weighted by Gasteiger charge is 2.26. The Kier molecular flexibility index (Phi) is 3.76. The van der Waals surface area contributed by atoms with Crippen LogP contribution < -0.4 is 0 Å². The maximum Gasteiger partial charge on any atom is 0.303 e. The van der Waals surface area contributed by atoms with Gasteiger partial charge < -0.3 is 5.11 Å². The van der Waals surface area contributed by atoms with Crippen molar-refractivity contribution >= 4 is 5.97 Å². The molecule has 0 heterocycles. The molecule has 0 aromatic rings. The van der Waals surface area contributed by atoms with E-state index in [0.29, 0.717) is 12.3 Å². The van der Waals surface area contributed by atoms with Gasteiger partial charge in [-0.3, -0.25) is 4.79 Å². The molecular formula is C12H16O2. The van der Waals surface area contributed by atoms with Crippen molar-refractivity contribution < 1.29 is 9.90 Å². The lowest BCUT2D eigenvalue weighted by Gasteiger charge is -2.30. The van der Waals surface area contributed by atoms with Crippen molar-refractivity contribution in [3.8, 4) is 12.3 Å². The van der Waals surface area contributed by atoms with Crippen LogP contribution >= 0.6 is 0 Å². The summed E-state index contributed by atoms with van der Waals surface area (Å²) < 4.78 is 0. The molecule has 2 heteroatoms. The standard InChI is InChI=1S/C12H16O2/c1-3-5-10-6-4-7-11(9(10)2)8-12(13)14/h1,10-11H,2,4-8H2,(H,13,14). The predicted octanol–water partition coefficient (Wildman–Crippen LogP) is 2.46. The highest BCUT2D eigenvalue weighted by molar-refractivity contribution is 5.67. The average molecular weight is 192 g/mol. The zero-order valence-corrected chi connectivity index (χ0v) is 8.33. The molecule has 0 spiro atoms. The summed E-state index contributed by atoms with van der Waals surface area (Å²) in [6.07, 6.45) is 9.26. The van der Waals surface area contributed by atoms with Crippen LogP contribution in [0.3, 0.4) is 0 Å². The van der Waals surface area contributed by atoms with Gasteiger partial charge in [0.15, 0.2) is 0 Å². The molecule has 1 aliphatic carbocycles. The average Bonchev–Trinajstić information content (AvgIpc) is 2.11. The highest BCUT2D eigenvalue weighted by Crippen LogP contribution is 2.36. The van der Waals surface area contributed by atoms with Crippen LogP contribution in [0, 0.1) is 24.2 Å². The molecule has 0 amide bonds. The lowest BCUT2D eigenvalue weighted by Crippen LogP contribution is -2.20. The van der Waals surface area contributed by atoms with Gasteiger partial charge in [-0.25, -0.2) is 0 Å². The van der Waals surface area contributed by atoms with Crippen molar-refractivity contribution in [1.29, 1.82) is 0 Å². The van der Waals surface area contributed by atoms with Crippen molar-refractivity contribution in [2.45, 2.75) is 32.1 Å². The number of terminal acetylenes is 1. The smallest absolute Gasteiger partial charge is 0.303 e. The van der Waals surface area contributed by atoms with Crippen LogP contribution in [0.4, 0.5) is 0 Å². The van der Waals surface area contributed by atoms with Crippen molar-refractivity contribution in [2.24, 2.45) is 11.8 Å². The van der Waals surface area contributed by atoms with Gasteiger partial charge in [-0.05, 0) is 24.7 Å². The van der Waals surface area contributed by atoms with Crippen LogP contribution in [0.5, 0.6) is 0 Å². The molecule has 0 aromatic heterocycles. The number of carbonyl (C=O) groups is 1. The lowest BCUT2D eigenvalue weighted by atomic mass is 9.75. The molecular weight excluding hydrogens is 176 g/mol. The lowest BCUT2D eigenvalue weighted by molar-refractivity contribution is -0.138. The highest BCUT2D eigenvalue weighted by atomic mass is 16.4. The molecule has 2 nitrogen and oxygen atoms in total. The molecule has 0 saturated heterocycles. The predicted molar refractivity (Wildman–Crippen MR) is 55.7 cm³/mol. The number of rotatable bonds is 3. The molecule has 0 bridgehead atoms. The zero-order valence-electron chi connectivity index (χ0n) is 8.33. The van der Waals surface area contributed by atoms with Crippen LogP contribution in [0.2, 0.25) is 0 Å². The van der Waals surface area contributed by atoms with Gasteiger partial charge in [0, 0.05) is 6.42 Å². The second kappa shape index (κ2) is 4.85. The van der Waals surface area contributed by atoms with E-state index in [1.165, 1.54) is 0 Å². The Labute approximate surface area is 85.0 Å². The first kappa shape index (κ1) is 10.8. The molecule has 0 aromatic carbocycles. The third-order valence-corrected chi connectivity index (χ3v) is 2.94. The molecule has 14 heavy (non-hydrogen) atoms. The van der Waals surface area contributed by atoms with Gasteiger partial charge in [-0.1, -0.05) is 18.6 Å². The minimum Gasteiger partial charge on any atom is -0.481 e. The van der Waals surface area contributed by atoms with E-state index in [2.05, 4.69) is 12.5 Å². The monoisotopic (exact) mass is 192 g/mol. The SMILES string of the molecule is C#CCC1CCCC(CC(=O)O)C1=C. The largest absolute Gasteiger partial charge is 0.481 e. The first-order chi connectivity index (χ1) is 6.65. The Morgan fingerprint density at radius 1 is 1.57 bits per heavy atom. The van der Waals surface area contributed by atoms with Gasteiger partial charge in [0.25, 0.3) is 0 Å². The van der Waals surface area contributed by atoms with Crippen LogP contribution in [0.15, 0.2) is 12.2 Å². The van der Waals surface area contributed by atoms with Crippen molar-refractivity contribution in [3.63, 3.8) is 0 Å². The summed E-state index contributed by atoms with van der Waals surface area (Å²) in [7, 11) is 0. The summed E-state index contributed by atoms with van der Waals surface area (Å²) in [5.74, 6) is 2.38. The van der Waals surface area contributed by atoms with E-state index in [1.807, 2.05) is 0 Å². The Balaban J connectivity index is 2.57. The van der Waals surface area contributed by atoms with Gasteiger partial charge in [0.2, 0.25) is 0 Å². The number of hydrogen-bond donors (Lipinski definition) is 1. The first-order valence-corrected chi connectivity index (χ1v) is 4.99. The first-order valence-electron chi connectivity index (χ1n) is 4.99. The number of carboxylic acids is 1. The van der Waals surface area contributed by atoms with E-state index in [4.69, 9.17) is 11.5 Å². The molecule has 1 N–H and O–H groups in total. The van der Waals surface area contributed by atoms with Crippen LogP contribution in [0.1, 0.15) is 32.1 Å². The second-order valence-electron chi connectivity index (χ2n) is 3.91. The van der Waals surface area contributed by atoms with Crippen LogP contribution in [0.25, 0.3) is 0 Å². The molecule has 76 valence electrons. The van der Waals surface area contributed by atoms with E-state index >= 15 is 0 Å². The minimum atomic E-state index is -0.738. The van der Waals surface area contributed by atoms with E-state index < -0.39 is 5.97 Å². The summed E-state index contributed by atoms with van der Waals surface area (Å²) >= 11 is 0. The number of allylic oxidation sites excluding steroid dienone is 1. The van der Waals surface area contributed by atoms with E-state index in [1.54, 1.807) is 0 Å². The fourth-order valence-electron chi connectivity index (χ4n) is 2.13. The summed E-state index contributed by atoms with van der Waals surface area (Å²) in [6, 6.07) is 0. The summed E-state index contributed by atoms with van der Waals surface area (Å²) in [5.41, 5.74) is 1.05. The topological polar surface area (TPSA) is 37.3 Å². The third-order valence-electron chi connectivity index (χ3n) is 2.94. The number of aliphatic carboxylic acids is 1. The van der Waals surface area contributed by atoms with E-state index in [9.17, 15) is 4.79 Å². The molecule has 1 aliphatic rings. The second-order valence-corrected chi connectivity index (χ2v) is 3.91. The Hall–Kier alpha value is -1.23. The van der Waals surface area contributed by atoms with Crippen molar-refractivity contribution in [3.05, 3.63) is 12.2 Å². The molecule has 0 aliphatic heterocycles. The van der Waals surface area contributed by atoms with Crippen molar-refractivity contribution in [2.75, 3.05) is 0 Å². The van der Waals surface area contributed by atoms with Gasteiger partial charge in [0.1, 0.15) is 0 Å². The van der Waals surface area contributed by atoms with E-state index in [-0.39, 0.29) is 12.3 Å².